The molecule has 0 unspecified atom stereocenters. The zero-order valence-corrected chi connectivity index (χ0v) is 14.0. The van der Waals surface area contributed by atoms with Gasteiger partial charge in [-0.05, 0) is 42.3 Å². The Labute approximate surface area is 150 Å². The van der Waals surface area contributed by atoms with Crippen LogP contribution >= 0.6 is 0 Å². The first-order valence-corrected chi connectivity index (χ1v) is 8.21. The van der Waals surface area contributed by atoms with Gasteiger partial charge >= 0.3 is 0 Å². The Morgan fingerprint density at radius 3 is 2.58 bits per heavy atom. The SMILES string of the molecule is O=C(NCc1ccccn1)c1ccc(NCCc2ccccc2F)nn1. The summed E-state index contributed by atoms with van der Waals surface area (Å²) in [6.45, 7) is 0.838. The van der Waals surface area contributed by atoms with Crippen LogP contribution in [0.25, 0.3) is 0 Å². The lowest BCUT2D eigenvalue weighted by molar-refractivity contribution is 0.0944. The Kier molecular flexibility index (Phi) is 5.82. The molecule has 2 aromatic heterocycles. The molecule has 0 radical (unpaired) electrons. The number of carbonyl (C=O) groups excluding carboxylic acids is 1. The van der Waals surface area contributed by atoms with Gasteiger partial charge in [-0.15, -0.1) is 10.2 Å². The number of pyridine rings is 1. The lowest BCUT2D eigenvalue weighted by Gasteiger charge is -2.07. The Morgan fingerprint density at radius 1 is 1.00 bits per heavy atom. The molecule has 2 N–H and O–H groups in total. The number of hydrogen-bond donors (Lipinski definition) is 2. The summed E-state index contributed by atoms with van der Waals surface area (Å²) >= 11 is 0. The maximum atomic E-state index is 13.5. The minimum atomic E-state index is -0.318. The third kappa shape index (κ3) is 4.83. The van der Waals surface area contributed by atoms with E-state index >= 15 is 0 Å². The molecule has 0 saturated carbocycles. The molecule has 0 aliphatic heterocycles. The van der Waals surface area contributed by atoms with Crippen LogP contribution in [0.4, 0.5) is 10.2 Å². The van der Waals surface area contributed by atoms with Crippen LogP contribution in [0.15, 0.2) is 60.8 Å². The fraction of sp³-hybridized carbons (Fsp3) is 0.158. The number of aromatic nitrogens is 3. The van der Waals surface area contributed by atoms with Crippen LogP contribution < -0.4 is 10.6 Å². The second-order valence-electron chi connectivity index (χ2n) is 5.58. The van der Waals surface area contributed by atoms with Gasteiger partial charge in [0.05, 0.1) is 12.2 Å². The number of hydrogen-bond acceptors (Lipinski definition) is 5. The molecule has 7 heteroatoms. The van der Waals surface area contributed by atoms with Gasteiger partial charge in [-0.25, -0.2) is 4.39 Å². The Balaban J connectivity index is 1.48. The Bertz CT molecular complexity index is 855. The van der Waals surface area contributed by atoms with Crippen molar-refractivity contribution in [3.63, 3.8) is 0 Å². The molecule has 2 heterocycles. The number of nitrogens with one attached hydrogen (secondary N) is 2. The summed E-state index contributed by atoms with van der Waals surface area (Å²) in [6, 6.07) is 15.4. The van der Waals surface area contributed by atoms with Crippen molar-refractivity contribution < 1.29 is 9.18 Å². The van der Waals surface area contributed by atoms with Gasteiger partial charge < -0.3 is 10.6 Å². The lowest BCUT2D eigenvalue weighted by Crippen LogP contribution is -2.24. The first-order chi connectivity index (χ1) is 12.7. The summed E-state index contributed by atoms with van der Waals surface area (Å²) in [7, 11) is 0. The normalized spacial score (nSPS) is 10.3. The molecular weight excluding hydrogens is 333 g/mol. The average Bonchev–Trinajstić information content (AvgIpc) is 2.69. The highest BCUT2D eigenvalue weighted by Crippen LogP contribution is 2.08. The van der Waals surface area contributed by atoms with Crippen molar-refractivity contribution in [3.8, 4) is 0 Å². The van der Waals surface area contributed by atoms with Gasteiger partial charge in [0.2, 0.25) is 0 Å². The molecule has 0 spiro atoms. The van der Waals surface area contributed by atoms with E-state index in [0.717, 1.165) is 5.69 Å². The molecule has 6 nitrogen and oxygen atoms in total. The van der Waals surface area contributed by atoms with E-state index in [0.29, 0.717) is 30.9 Å². The fourth-order valence-corrected chi connectivity index (χ4v) is 2.34. The summed E-state index contributed by atoms with van der Waals surface area (Å²) in [4.78, 5) is 16.2. The summed E-state index contributed by atoms with van der Waals surface area (Å²) in [5.74, 6) is -0.0102. The van der Waals surface area contributed by atoms with Gasteiger partial charge in [-0.3, -0.25) is 9.78 Å². The van der Waals surface area contributed by atoms with Crippen LogP contribution in [0, 0.1) is 5.82 Å². The quantitative estimate of drug-likeness (QED) is 0.684. The first-order valence-electron chi connectivity index (χ1n) is 8.21. The fourth-order valence-electron chi connectivity index (χ4n) is 2.34. The third-order valence-electron chi connectivity index (χ3n) is 3.71. The topological polar surface area (TPSA) is 79.8 Å². The van der Waals surface area contributed by atoms with E-state index in [2.05, 4.69) is 25.8 Å². The van der Waals surface area contributed by atoms with E-state index in [4.69, 9.17) is 0 Å². The predicted molar refractivity (Wildman–Crippen MR) is 96.0 cm³/mol. The number of halogens is 1. The number of benzene rings is 1. The highest BCUT2D eigenvalue weighted by Gasteiger charge is 2.08. The first kappa shape index (κ1) is 17.5. The van der Waals surface area contributed by atoms with Crippen LogP contribution in [0.3, 0.4) is 0 Å². The summed E-state index contributed by atoms with van der Waals surface area (Å²) in [5.41, 5.74) is 1.62. The molecule has 1 aromatic carbocycles. The molecule has 0 fully saturated rings. The van der Waals surface area contributed by atoms with Crippen LogP contribution in [0.5, 0.6) is 0 Å². The van der Waals surface area contributed by atoms with Gasteiger partial charge in [0, 0.05) is 12.7 Å². The molecule has 0 saturated heterocycles. The van der Waals surface area contributed by atoms with Crippen LogP contribution in [-0.4, -0.2) is 27.6 Å². The van der Waals surface area contributed by atoms with E-state index in [1.807, 2.05) is 18.2 Å². The maximum absolute atomic E-state index is 13.5. The minimum Gasteiger partial charge on any atom is -0.368 e. The van der Waals surface area contributed by atoms with Crippen molar-refractivity contribution in [1.29, 1.82) is 0 Å². The van der Waals surface area contributed by atoms with Crippen molar-refractivity contribution >= 4 is 11.7 Å². The zero-order valence-electron chi connectivity index (χ0n) is 14.0. The standard InChI is InChI=1S/C19H18FN5O/c20-16-7-2-1-5-14(16)10-12-22-18-9-8-17(24-25-18)19(26)23-13-15-6-3-4-11-21-15/h1-9,11H,10,12-13H2,(H,22,25)(H,23,26). The van der Waals surface area contributed by atoms with Crippen molar-refractivity contribution in [2.75, 3.05) is 11.9 Å². The van der Waals surface area contributed by atoms with Crippen molar-refractivity contribution in [3.05, 3.63) is 83.6 Å². The van der Waals surface area contributed by atoms with Crippen molar-refractivity contribution in [2.24, 2.45) is 0 Å². The largest absolute Gasteiger partial charge is 0.368 e. The summed E-state index contributed by atoms with van der Waals surface area (Å²) < 4.78 is 13.5. The van der Waals surface area contributed by atoms with Gasteiger partial charge in [-0.2, -0.15) is 0 Å². The highest BCUT2D eigenvalue weighted by atomic mass is 19.1. The van der Waals surface area contributed by atoms with E-state index in [1.165, 1.54) is 6.07 Å². The molecular formula is C19H18FN5O. The molecule has 26 heavy (non-hydrogen) atoms. The molecule has 0 aliphatic rings. The molecule has 0 aliphatic carbocycles. The monoisotopic (exact) mass is 351 g/mol. The minimum absolute atomic E-state index is 0.222. The molecule has 1 amide bonds. The van der Waals surface area contributed by atoms with E-state index in [9.17, 15) is 9.18 Å². The number of nitrogens with zero attached hydrogens (tertiary/aromatic N) is 3. The van der Waals surface area contributed by atoms with Crippen LogP contribution in [-0.2, 0) is 13.0 Å². The van der Waals surface area contributed by atoms with Gasteiger partial charge in [0.25, 0.3) is 5.91 Å². The van der Waals surface area contributed by atoms with Gasteiger partial charge in [0.1, 0.15) is 11.6 Å². The van der Waals surface area contributed by atoms with Crippen molar-refractivity contribution in [2.45, 2.75) is 13.0 Å². The van der Waals surface area contributed by atoms with Gasteiger partial charge in [-0.1, -0.05) is 24.3 Å². The Morgan fingerprint density at radius 2 is 1.85 bits per heavy atom. The van der Waals surface area contributed by atoms with E-state index in [-0.39, 0.29) is 17.4 Å². The van der Waals surface area contributed by atoms with Crippen LogP contribution in [0.2, 0.25) is 0 Å². The van der Waals surface area contributed by atoms with E-state index < -0.39 is 0 Å². The molecule has 3 aromatic rings. The van der Waals surface area contributed by atoms with Crippen molar-refractivity contribution in [1.82, 2.24) is 20.5 Å². The van der Waals surface area contributed by atoms with Gasteiger partial charge in [0.15, 0.2) is 5.69 Å². The second-order valence-corrected chi connectivity index (χ2v) is 5.58. The summed E-state index contributed by atoms with van der Waals surface area (Å²) in [5, 5.41) is 13.7. The third-order valence-corrected chi connectivity index (χ3v) is 3.71. The smallest absolute Gasteiger partial charge is 0.272 e. The highest BCUT2D eigenvalue weighted by molar-refractivity contribution is 5.92. The molecule has 0 atom stereocenters. The molecule has 3 rings (SSSR count). The summed E-state index contributed by atoms with van der Waals surface area (Å²) in [6.07, 6.45) is 2.20. The van der Waals surface area contributed by atoms with Crippen LogP contribution in [0.1, 0.15) is 21.7 Å². The number of rotatable bonds is 7. The number of amides is 1. The number of carbonyl (C=O) groups is 1. The van der Waals surface area contributed by atoms with E-state index in [1.54, 1.807) is 36.5 Å². The maximum Gasteiger partial charge on any atom is 0.272 e. The number of anilines is 1. The lowest BCUT2D eigenvalue weighted by atomic mass is 10.1. The average molecular weight is 351 g/mol. The predicted octanol–water partition coefficient (Wildman–Crippen LogP) is 2.60. The Hall–Kier alpha value is -3.35. The molecule has 132 valence electrons. The zero-order chi connectivity index (χ0) is 18.2. The second kappa shape index (κ2) is 8.66. The molecule has 0 bridgehead atoms.